The molecule has 0 saturated heterocycles. The van der Waals surface area contributed by atoms with Crippen molar-refractivity contribution >= 4 is 11.5 Å². The molecule has 5 heteroatoms. The number of hydrogen-bond acceptors (Lipinski definition) is 5. The van der Waals surface area contributed by atoms with E-state index in [0.717, 1.165) is 18.8 Å². The van der Waals surface area contributed by atoms with E-state index in [1.807, 2.05) is 17.0 Å². The molecule has 0 unspecified atom stereocenters. The summed E-state index contributed by atoms with van der Waals surface area (Å²) in [5.41, 5.74) is 6.46. The van der Waals surface area contributed by atoms with Crippen LogP contribution in [0.1, 0.15) is 26.2 Å². The monoisotopic (exact) mass is 265 g/mol. The number of nitrogens with zero attached hydrogens (tertiary/aromatic N) is 2. The summed E-state index contributed by atoms with van der Waals surface area (Å²) in [5, 5.41) is 9.11. The summed E-state index contributed by atoms with van der Waals surface area (Å²) >= 11 is 0. The number of aromatic nitrogens is 1. The summed E-state index contributed by atoms with van der Waals surface area (Å²) in [7, 11) is 0. The van der Waals surface area contributed by atoms with Gasteiger partial charge in [-0.1, -0.05) is 6.92 Å². The zero-order valence-electron chi connectivity index (χ0n) is 11.5. The van der Waals surface area contributed by atoms with Gasteiger partial charge in [0, 0.05) is 13.1 Å². The fourth-order valence-corrected chi connectivity index (χ4v) is 1.95. The summed E-state index contributed by atoms with van der Waals surface area (Å²) in [6.07, 6.45) is 3.49. The molecule has 1 aromatic heterocycles. The SMILES string of the molecule is CCCN(CCO)c1ccc(N)c(OCC2CC2)n1. The minimum atomic E-state index is 0.115. The van der Waals surface area contributed by atoms with Crippen LogP contribution in [-0.2, 0) is 0 Å². The third-order valence-electron chi connectivity index (χ3n) is 3.22. The molecule has 1 heterocycles. The molecule has 5 nitrogen and oxygen atoms in total. The molecule has 3 N–H and O–H groups in total. The van der Waals surface area contributed by atoms with Crippen LogP contribution in [0.5, 0.6) is 5.88 Å². The first-order valence-corrected chi connectivity index (χ1v) is 6.99. The largest absolute Gasteiger partial charge is 0.476 e. The van der Waals surface area contributed by atoms with Gasteiger partial charge in [-0.25, -0.2) is 0 Å². The number of ether oxygens (including phenoxy) is 1. The van der Waals surface area contributed by atoms with Gasteiger partial charge in [-0.05, 0) is 37.3 Å². The number of anilines is 2. The maximum atomic E-state index is 9.11. The lowest BCUT2D eigenvalue weighted by molar-refractivity contribution is 0.289. The molecular formula is C14H23N3O2. The van der Waals surface area contributed by atoms with E-state index in [9.17, 15) is 0 Å². The zero-order valence-corrected chi connectivity index (χ0v) is 11.5. The summed E-state index contributed by atoms with van der Waals surface area (Å²) < 4.78 is 5.68. The van der Waals surface area contributed by atoms with Gasteiger partial charge in [-0.15, -0.1) is 0 Å². The zero-order chi connectivity index (χ0) is 13.7. The molecule has 0 radical (unpaired) electrons. The average molecular weight is 265 g/mol. The number of aliphatic hydroxyl groups excluding tert-OH is 1. The lowest BCUT2D eigenvalue weighted by Gasteiger charge is -2.23. The van der Waals surface area contributed by atoms with Crippen molar-refractivity contribution in [1.82, 2.24) is 4.98 Å². The fraction of sp³-hybridized carbons (Fsp3) is 0.643. The standard InChI is InChI=1S/C14H23N3O2/c1-2-7-17(8-9-18)13-6-5-12(15)14(16-13)19-10-11-3-4-11/h5-6,11,18H,2-4,7-10,15H2,1H3. The second kappa shape index (κ2) is 6.61. The molecular weight excluding hydrogens is 242 g/mol. The maximum Gasteiger partial charge on any atom is 0.239 e. The van der Waals surface area contributed by atoms with Crippen molar-refractivity contribution in [3.8, 4) is 5.88 Å². The average Bonchev–Trinajstić information content (AvgIpc) is 3.22. The van der Waals surface area contributed by atoms with E-state index in [0.29, 0.717) is 30.6 Å². The molecule has 106 valence electrons. The van der Waals surface area contributed by atoms with Crippen molar-refractivity contribution in [3.05, 3.63) is 12.1 Å². The van der Waals surface area contributed by atoms with E-state index >= 15 is 0 Å². The normalized spacial score (nSPS) is 14.4. The van der Waals surface area contributed by atoms with E-state index in [2.05, 4.69) is 11.9 Å². The number of rotatable bonds is 8. The molecule has 0 atom stereocenters. The molecule has 0 amide bonds. The Morgan fingerprint density at radius 2 is 2.21 bits per heavy atom. The summed E-state index contributed by atoms with van der Waals surface area (Å²) in [5.74, 6) is 2.01. The maximum absolute atomic E-state index is 9.11. The highest BCUT2D eigenvalue weighted by Gasteiger charge is 2.22. The van der Waals surface area contributed by atoms with Crippen molar-refractivity contribution < 1.29 is 9.84 Å². The van der Waals surface area contributed by atoms with E-state index in [1.54, 1.807) is 0 Å². The smallest absolute Gasteiger partial charge is 0.239 e. The quantitative estimate of drug-likeness (QED) is 0.748. The second-order valence-corrected chi connectivity index (χ2v) is 5.03. The predicted octanol–water partition coefficient (Wildman–Crippen LogP) is 1.66. The van der Waals surface area contributed by atoms with Gasteiger partial charge in [-0.2, -0.15) is 4.98 Å². The number of nitrogens with two attached hydrogens (primary N) is 1. The van der Waals surface area contributed by atoms with Crippen molar-refractivity contribution in [2.45, 2.75) is 26.2 Å². The summed E-state index contributed by atoms with van der Waals surface area (Å²) in [4.78, 5) is 6.52. The Bertz CT molecular complexity index is 402. The number of nitrogen functional groups attached to an aromatic ring is 1. The lowest BCUT2D eigenvalue weighted by Crippen LogP contribution is -2.28. The van der Waals surface area contributed by atoms with E-state index in [4.69, 9.17) is 15.6 Å². The Balaban J connectivity index is 2.07. The molecule has 1 aliphatic rings. The van der Waals surface area contributed by atoms with Gasteiger partial charge in [0.15, 0.2) is 0 Å². The number of hydrogen-bond donors (Lipinski definition) is 2. The van der Waals surface area contributed by atoms with E-state index < -0.39 is 0 Å². The van der Waals surface area contributed by atoms with Crippen molar-refractivity contribution in [2.24, 2.45) is 5.92 Å². The van der Waals surface area contributed by atoms with Crippen LogP contribution in [-0.4, -0.2) is 36.4 Å². The van der Waals surface area contributed by atoms with Crippen LogP contribution >= 0.6 is 0 Å². The van der Waals surface area contributed by atoms with Gasteiger partial charge < -0.3 is 20.5 Å². The number of aliphatic hydroxyl groups is 1. The lowest BCUT2D eigenvalue weighted by atomic mass is 10.3. The molecule has 0 spiro atoms. The molecule has 1 aromatic rings. The predicted molar refractivity (Wildman–Crippen MR) is 76.5 cm³/mol. The van der Waals surface area contributed by atoms with Crippen molar-refractivity contribution in [3.63, 3.8) is 0 Å². The Hall–Kier alpha value is -1.49. The molecule has 0 aromatic carbocycles. The molecule has 1 saturated carbocycles. The van der Waals surface area contributed by atoms with Crippen LogP contribution in [0.2, 0.25) is 0 Å². The highest BCUT2D eigenvalue weighted by molar-refractivity contribution is 5.54. The molecule has 2 rings (SSSR count). The van der Waals surface area contributed by atoms with Crippen LogP contribution in [0.4, 0.5) is 11.5 Å². The van der Waals surface area contributed by atoms with Gasteiger partial charge in [0.25, 0.3) is 0 Å². The Morgan fingerprint density at radius 3 is 2.84 bits per heavy atom. The van der Waals surface area contributed by atoms with Gasteiger partial charge in [0.1, 0.15) is 5.82 Å². The van der Waals surface area contributed by atoms with Gasteiger partial charge in [0.2, 0.25) is 5.88 Å². The van der Waals surface area contributed by atoms with Crippen LogP contribution in [0.25, 0.3) is 0 Å². The molecule has 0 bridgehead atoms. The molecule has 1 aliphatic carbocycles. The Labute approximate surface area is 114 Å². The van der Waals surface area contributed by atoms with Crippen LogP contribution in [0.15, 0.2) is 12.1 Å². The third kappa shape index (κ3) is 3.99. The van der Waals surface area contributed by atoms with Gasteiger partial charge >= 0.3 is 0 Å². The summed E-state index contributed by atoms with van der Waals surface area (Å²) in [6.45, 7) is 4.36. The fourth-order valence-electron chi connectivity index (χ4n) is 1.95. The first-order chi connectivity index (χ1) is 9.24. The van der Waals surface area contributed by atoms with Crippen molar-refractivity contribution in [2.75, 3.05) is 36.9 Å². The third-order valence-corrected chi connectivity index (χ3v) is 3.22. The van der Waals surface area contributed by atoms with Crippen molar-refractivity contribution in [1.29, 1.82) is 0 Å². The highest BCUT2D eigenvalue weighted by Crippen LogP contribution is 2.31. The first kappa shape index (κ1) is 13.9. The number of pyridine rings is 1. The highest BCUT2D eigenvalue weighted by atomic mass is 16.5. The molecule has 0 aliphatic heterocycles. The van der Waals surface area contributed by atoms with Crippen LogP contribution in [0, 0.1) is 5.92 Å². The van der Waals surface area contributed by atoms with Crippen LogP contribution < -0.4 is 15.4 Å². The van der Waals surface area contributed by atoms with Gasteiger partial charge in [-0.3, -0.25) is 0 Å². The van der Waals surface area contributed by atoms with E-state index in [-0.39, 0.29) is 6.61 Å². The van der Waals surface area contributed by atoms with E-state index in [1.165, 1.54) is 12.8 Å². The van der Waals surface area contributed by atoms with Crippen LogP contribution in [0.3, 0.4) is 0 Å². The summed E-state index contributed by atoms with van der Waals surface area (Å²) in [6, 6.07) is 3.70. The Kier molecular flexibility index (Phi) is 4.85. The van der Waals surface area contributed by atoms with Gasteiger partial charge in [0.05, 0.1) is 18.9 Å². The minimum Gasteiger partial charge on any atom is -0.476 e. The first-order valence-electron chi connectivity index (χ1n) is 6.99. The Morgan fingerprint density at radius 1 is 1.42 bits per heavy atom. The minimum absolute atomic E-state index is 0.115. The molecule has 1 fully saturated rings. The molecule has 19 heavy (non-hydrogen) atoms. The second-order valence-electron chi connectivity index (χ2n) is 5.03. The topological polar surface area (TPSA) is 71.6 Å².